The SMILES string of the molecule is C=CC(=O)Cl.C=CC(=O)Nc1cccc(-n2c(=O)n(-c3ccccc3)c(=O)c3cnc(Nc4ccc(N5CCN(C)CC5)cc4OC)nc32)c1.COc1cc(N2CCN(C)CC2)ccc1Nc1ncc2c(=O)n(-c3ccccc3)c(=O)n(-c3cccc(N)c3)c2n1. The normalized spacial score (nSPS) is 13.2. The fourth-order valence-corrected chi connectivity index (χ4v) is 10.3. The van der Waals surface area contributed by atoms with Gasteiger partial charge in [-0.2, -0.15) is 9.97 Å². The Morgan fingerprint density at radius 1 is 0.516 bits per heavy atom. The summed E-state index contributed by atoms with van der Waals surface area (Å²) in [5.41, 5.74) is 10.0. The highest BCUT2D eigenvalue weighted by atomic mass is 35.5. The number of methoxy groups -OCH3 is 2. The van der Waals surface area contributed by atoms with Gasteiger partial charge >= 0.3 is 11.4 Å². The fraction of sp³-hybridized carbons (Fsp3) is 0.182. The second-order valence-corrected chi connectivity index (χ2v) is 21.4. The van der Waals surface area contributed by atoms with Crippen molar-refractivity contribution in [3.8, 4) is 34.2 Å². The molecule has 0 radical (unpaired) electrons. The van der Waals surface area contributed by atoms with Gasteiger partial charge in [-0.25, -0.2) is 37.8 Å². The smallest absolute Gasteiger partial charge is 0.341 e. The molecule has 0 aliphatic carbocycles. The number of rotatable bonds is 15. The number of nitrogens with one attached hydrogen (secondary N) is 3. The fourth-order valence-electron chi connectivity index (χ4n) is 10.3. The molecule has 12 rings (SSSR count). The van der Waals surface area contributed by atoms with Gasteiger partial charge in [0.05, 0.1) is 48.3 Å². The number of fused-ring (bicyclic) bond motifs is 2. The van der Waals surface area contributed by atoms with E-state index in [1.807, 2.05) is 42.5 Å². The van der Waals surface area contributed by atoms with Gasteiger partial charge in [-0.05, 0) is 123 Å². The van der Waals surface area contributed by atoms with Gasteiger partial charge in [0.15, 0.2) is 11.3 Å². The van der Waals surface area contributed by atoms with E-state index in [1.165, 1.54) is 21.5 Å². The molecule has 2 fully saturated rings. The largest absolute Gasteiger partial charge is 0.494 e. The van der Waals surface area contributed by atoms with Crippen LogP contribution in [-0.4, -0.2) is 140 Å². The number of nitrogens with two attached hydrogens (primary N) is 1. The molecule has 5 N–H and O–H groups in total. The Morgan fingerprint density at radius 2 is 0.934 bits per heavy atom. The zero-order chi connectivity index (χ0) is 64.3. The maximum atomic E-state index is 14.1. The summed E-state index contributed by atoms with van der Waals surface area (Å²) < 4.78 is 16.3. The molecular weight excluding hydrogens is 1180 g/mol. The second-order valence-electron chi connectivity index (χ2n) is 21.0. The van der Waals surface area contributed by atoms with Crippen LogP contribution in [0.3, 0.4) is 0 Å². The lowest BCUT2D eigenvalue weighted by Crippen LogP contribution is -2.44. The van der Waals surface area contributed by atoms with E-state index in [1.54, 1.807) is 117 Å². The van der Waals surface area contributed by atoms with Gasteiger partial charge in [-0.3, -0.25) is 19.2 Å². The number of hydrogen-bond acceptors (Lipinski definition) is 19. The third-order valence-corrected chi connectivity index (χ3v) is 15.2. The molecule has 0 bridgehead atoms. The van der Waals surface area contributed by atoms with Gasteiger partial charge in [-0.1, -0.05) is 61.7 Å². The van der Waals surface area contributed by atoms with E-state index < -0.39 is 33.6 Å². The summed E-state index contributed by atoms with van der Waals surface area (Å²) in [6, 6.07) is 42.7. The number of likely N-dealkylation sites (N-methyl/N-ethyl adjacent to an activating group) is 2. The number of carbonyl (C=O) groups excluding carboxylic acids is 2. The lowest BCUT2D eigenvalue weighted by atomic mass is 10.2. The molecule has 1 amide bonds. The molecule has 6 heterocycles. The van der Waals surface area contributed by atoms with E-state index in [9.17, 15) is 28.8 Å². The number of piperazine rings is 2. The van der Waals surface area contributed by atoms with Crippen LogP contribution in [0, 0.1) is 0 Å². The number of carbonyl (C=O) groups is 2. The summed E-state index contributed by atoms with van der Waals surface area (Å²) in [6.07, 6.45) is 5.03. The van der Waals surface area contributed by atoms with Gasteiger partial charge in [-0.15, -0.1) is 0 Å². The minimum absolute atomic E-state index is 0.0925. The number of aromatic nitrogens is 8. The molecule has 6 aromatic carbocycles. The molecule has 4 aromatic heterocycles. The van der Waals surface area contributed by atoms with Crippen molar-refractivity contribution in [2.24, 2.45) is 0 Å². The third-order valence-electron chi connectivity index (χ3n) is 15.1. The molecule has 0 saturated carbocycles. The maximum Gasteiger partial charge on any atom is 0.341 e. The van der Waals surface area contributed by atoms with Crippen LogP contribution in [0.4, 0.5) is 46.0 Å². The average molecular weight is 1250 g/mol. The Labute approximate surface area is 527 Å². The minimum atomic E-state index is -0.635. The number of benzene rings is 6. The van der Waals surface area contributed by atoms with Crippen molar-refractivity contribution in [1.82, 2.24) is 48.0 Å². The molecule has 0 unspecified atom stereocenters. The number of nitrogen functional groups attached to an aromatic ring is 1. The van der Waals surface area contributed by atoms with Gasteiger partial charge in [0, 0.05) is 99.6 Å². The zero-order valence-corrected chi connectivity index (χ0v) is 51.1. The number of para-hydroxylation sites is 2. The van der Waals surface area contributed by atoms with Gasteiger partial charge in [0.1, 0.15) is 22.3 Å². The topological polar surface area (TPSA) is 267 Å². The van der Waals surface area contributed by atoms with E-state index in [2.05, 4.69) is 82.7 Å². The number of ether oxygens (including phenoxy) is 2. The zero-order valence-electron chi connectivity index (χ0n) is 50.3. The molecule has 10 aromatic rings. The van der Waals surface area contributed by atoms with E-state index >= 15 is 0 Å². The third kappa shape index (κ3) is 14.2. The predicted molar refractivity (Wildman–Crippen MR) is 358 cm³/mol. The van der Waals surface area contributed by atoms with Crippen LogP contribution in [0.5, 0.6) is 11.5 Å². The Bertz CT molecular complexity index is 4600. The summed E-state index contributed by atoms with van der Waals surface area (Å²) in [5.74, 6) is 1.18. The average Bonchev–Trinajstić information content (AvgIpc) is 1.00. The molecule has 91 heavy (non-hydrogen) atoms. The number of amides is 1. The van der Waals surface area contributed by atoms with Crippen molar-refractivity contribution in [1.29, 1.82) is 0 Å². The van der Waals surface area contributed by atoms with Crippen LogP contribution in [0.25, 0.3) is 44.8 Å². The maximum absolute atomic E-state index is 14.1. The standard InChI is InChI=1S/C33H32N8O4.C30H30N8O3.C3H3ClO/c1-4-29(42)35-22-9-8-12-25(19-22)40-30-26(31(43)41(33(40)44)23-10-6-5-7-11-23)21-34-32(37-30)36-27-14-13-24(20-28(27)45-3)39-17-15-38(2)16-18-39;1-35-13-15-36(16-14-35)22-11-12-25(26(18-22)41-2)33-29-32-19-24-27(34-29)37(23-10-6-7-20(31)17-23)30(40)38(28(24)39)21-8-4-3-5-9-21;1-2-3(4)5/h4-14,19-21H,1,15-18H2,2-3H3,(H,35,42)(H,34,36,37);3-12,17-19H,13-16,31H2,1-2H3,(H,32,33,34);2H,1H2. The van der Waals surface area contributed by atoms with Crippen LogP contribution < -0.4 is 63.5 Å². The summed E-state index contributed by atoms with van der Waals surface area (Å²) in [7, 11) is 7.44. The number of halogens is 1. The summed E-state index contributed by atoms with van der Waals surface area (Å²) in [4.78, 5) is 104. The minimum Gasteiger partial charge on any atom is -0.494 e. The summed E-state index contributed by atoms with van der Waals surface area (Å²) in [5, 5.41) is 8.91. The molecule has 464 valence electrons. The highest BCUT2D eigenvalue weighted by Crippen LogP contribution is 2.34. The van der Waals surface area contributed by atoms with Gasteiger partial charge in [0.2, 0.25) is 23.0 Å². The van der Waals surface area contributed by atoms with Crippen molar-refractivity contribution in [3.05, 3.63) is 225 Å². The Kier molecular flexibility index (Phi) is 19.5. The van der Waals surface area contributed by atoms with Crippen LogP contribution in [-0.2, 0) is 9.59 Å². The molecular formula is C66H65ClN16O8. The monoisotopic (exact) mass is 1240 g/mol. The Balaban J connectivity index is 0.000000187. The lowest BCUT2D eigenvalue weighted by Gasteiger charge is -2.34. The first kappa shape index (κ1) is 62.8. The van der Waals surface area contributed by atoms with E-state index in [0.29, 0.717) is 57.0 Å². The number of hydrogen-bond donors (Lipinski definition) is 4. The second kappa shape index (κ2) is 28.3. The molecule has 2 aliphatic rings. The Hall–Kier alpha value is -11.2. The quantitative estimate of drug-likeness (QED) is 0.0439. The number of anilines is 8. The lowest BCUT2D eigenvalue weighted by molar-refractivity contribution is -0.112. The van der Waals surface area contributed by atoms with E-state index in [4.69, 9.17) is 26.8 Å². The highest BCUT2D eigenvalue weighted by Gasteiger charge is 2.23. The van der Waals surface area contributed by atoms with E-state index in [-0.39, 0.29) is 34.0 Å². The van der Waals surface area contributed by atoms with Crippen molar-refractivity contribution in [2.45, 2.75) is 0 Å². The summed E-state index contributed by atoms with van der Waals surface area (Å²) >= 11 is 4.71. The summed E-state index contributed by atoms with van der Waals surface area (Å²) in [6.45, 7) is 14.2. The van der Waals surface area contributed by atoms with Gasteiger partial charge in [0.25, 0.3) is 11.1 Å². The molecule has 0 atom stereocenters. The molecule has 25 heteroatoms. The van der Waals surface area contributed by atoms with Crippen LogP contribution in [0.15, 0.2) is 202 Å². The molecule has 0 spiro atoms. The predicted octanol–water partition coefficient (Wildman–Crippen LogP) is 7.52. The Morgan fingerprint density at radius 3 is 1.34 bits per heavy atom. The first-order valence-electron chi connectivity index (χ1n) is 28.8. The van der Waals surface area contributed by atoms with Crippen molar-refractivity contribution in [3.63, 3.8) is 0 Å². The van der Waals surface area contributed by atoms with Crippen LogP contribution in [0.2, 0.25) is 0 Å². The van der Waals surface area contributed by atoms with Gasteiger partial charge < -0.3 is 50.8 Å². The van der Waals surface area contributed by atoms with Crippen molar-refractivity contribution >= 4 is 90.8 Å². The molecule has 24 nitrogen and oxygen atoms in total. The van der Waals surface area contributed by atoms with E-state index in [0.717, 1.165) is 85.0 Å². The molecule has 2 aliphatic heterocycles. The van der Waals surface area contributed by atoms with Crippen molar-refractivity contribution in [2.75, 3.05) is 112 Å². The molecule has 2 saturated heterocycles. The van der Waals surface area contributed by atoms with Crippen molar-refractivity contribution < 1.29 is 19.1 Å². The number of nitrogens with zero attached hydrogens (tertiary/aromatic N) is 12. The number of allylic oxidation sites excluding steroid dienone is 1. The highest BCUT2D eigenvalue weighted by molar-refractivity contribution is 6.66. The first-order chi connectivity index (χ1) is 44.0. The first-order valence-corrected chi connectivity index (χ1v) is 29.1. The van der Waals surface area contributed by atoms with Crippen LogP contribution >= 0.6 is 11.6 Å². The van der Waals surface area contributed by atoms with Crippen LogP contribution in [0.1, 0.15) is 0 Å².